The number of nitrogens with zero attached hydrogens (tertiary/aromatic N) is 4. The molecule has 0 bridgehead atoms. The minimum absolute atomic E-state index is 0.0247. The van der Waals surface area contributed by atoms with Gasteiger partial charge in [-0.15, -0.1) is 0 Å². The number of nitriles is 1. The Morgan fingerprint density at radius 1 is 1.53 bits per heavy atom. The summed E-state index contributed by atoms with van der Waals surface area (Å²) < 4.78 is 0. The number of hydrogen-bond acceptors (Lipinski definition) is 5. The van der Waals surface area contributed by atoms with Gasteiger partial charge in [-0.2, -0.15) is 5.26 Å². The van der Waals surface area contributed by atoms with Crippen LogP contribution in [0.25, 0.3) is 0 Å². The van der Waals surface area contributed by atoms with Gasteiger partial charge in [0.15, 0.2) is 0 Å². The molecule has 6 heteroatoms. The van der Waals surface area contributed by atoms with Crippen LogP contribution in [0.5, 0.6) is 0 Å². The number of aromatic nitrogens is 2. The maximum Gasteiger partial charge on any atom is 0.242 e. The number of piperidine rings is 1. The highest BCUT2D eigenvalue weighted by Gasteiger charge is 2.30. The molecule has 19 heavy (non-hydrogen) atoms. The standard InChI is InChI=1S/C13H17N5O/c1-9-7-10(8-14)17-13(16-9)18-6-4-3-5-11(18)12(19)15-2/h7,11H,3-6H2,1-2H3,(H,15,19). The van der Waals surface area contributed by atoms with E-state index >= 15 is 0 Å². The molecule has 100 valence electrons. The Labute approximate surface area is 112 Å². The highest BCUT2D eigenvalue weighted by atomic mass is 16.2. The molecule has 0 aliphatic carbocycles. The highest BCUT2D eigenvalue weighted by molar-refractivity contribution is 5.84. The molecule has 1 N–H and O–H groups in total. The van der Waals surface area contributed by atoms with Crippen molar-refractivity contribution in [1.82, 2.24) is 15.3 Å². The third-order valence-electron chi connectivity index (χ3n) is 3.27. The van der Waals surface area contributed by atoms with Crippen LogP contribution in [0.1, 0.15) is 30.7 Å². The van der Waals surface area contributed by atoms with Gasteiger partial charge in [-0.1, -0.05) is 0 Å². The quantitative estimate of drug-likeness (QED) is 0.848. The lowest BCUT2D eigenvalue weighted by Gasteiger charge is -2.34. The van der Waals surface area contributed by atoms with Crippen molar-refractivity contribution in [1.29, 1.82) is 5.26 Å². The molecule has 0 radical (unpaired) electrons. The minimum atomic E-state index is -0.243. The number of carbonyl (C=O) groups is 1. The molecule has 1 aromatic heterocycles. The first-order valence-electron chi connectivity index (χ1n) is 6.39. The predicted molar refractivity (Wildman–Crippen MR) is 70.5 cm³/mol. The minimum Gasteiger partial charge on any atom is -0.357 e. The smallest absolute Gasteiger partial charge is 0.242 e. The molecule has 1 aliphatic heterocycles. The third kappa shape index (κ3) is 2.81. The van der Waals surface area contributed by atoms with Gasteiger partial charge in [-0.05, 0) is 32.3 Å². The summed E-state index contributed by atoms with van der Waals surface area (Å²) >= 11 is 0. The van der Waals surface area contributed by atoms with E-state index in [1.807, 2.05) is 17.9 Å². The van der Waals surface area contributed by atoms with E-state index < -0.39 is 0 Å². The van der Waals surface area contributed by atoms with Crippen LogP contribution in [0, 0.1) is 18.3 Å². The molecule has 1 aromatic rings. The van der Waals surface area contributed by atoms with Crippen LogP contribution in [0.3, 0.4) is 0 Å². The molecule has 0 saturated carbocycles. The monoisotopic (exact) mass is 259 g/mol. The van der Waals surface area contributed by atoms with Crippen LogP contribution in [0.2, 0.25) is 0 Å². The van der Waals surface area contributed by atoms with Gasteiger partial charge in [-0.3, -0.25) is 4.79 Å². The first-order valence-corrected chi connectivity index (χ1v) is 6.39. The molecule has 1 fully saturated rings. The van der Waals surface area contributed by atoms with Crippen molar-refractivity contribution < 1.29 is 4.79 Å². The van der Waals surface area contributed by atoms with E-state index in [0.29, 0.717) is 11.6 Å². The number of amides is 1. The molecule has 2 rings (SSSR count). The third-order valence-corrected chi connectivity index (χ3v) is 3.27. The number of aryl methyl sites for hydroxylation is 1. The highest BCUT2D eigenvalue weighted by Crippen LogP contribution is 2.22. The Balaban J connectivity index is 2.35. The average molecular weight is 259 g/mol. The summed E-state index contributed by atoms with van der Waals surface area (Å²) in [5.41, 5.74) is 1.08. The van der Waals surface area contributed by atoms with E-state index in [-0.39, 0.29) is 11.9 Å². The van der Waals surface area contributed by atoms with Crippen LogP contribution in [0.4, 0.5) is 5.95 Å². The SMILES string of the molecule is CNC(=O)C1CCCCN1c1nc(C)cc(C#N)n1. The van der Waals surface area contributed by atoms with Gasteiger partial charge in [0.25, 0.3) is 0 Å². The lowest BCUT2D eigenvalue weighted by molar-refractivity contribution is -0.122. The predicted octanol–water partition coefficient (Wildman–Crippen LogP) is 0.762. The van der Waals surface area contributed by atoms with E-state index in [0.717, 1.165) is 31.5 Å². The fraction of sp³-hybridized carbons (Fsp3) is 0.538. The second-order valence-corrected chi connectivity index (χ2v) is 4.63. The lowest BCUT2D eigenvalue weighted by atomic mass is 10.0. The van der Waals surface area contributed by atoms with Crippen molar-refractivity contribution >= 4 is 11.9 Å². The first-order chi connectivity index (χ1) is 9.15. The molecule has 1 aliphatic rings. The number of anilines is 1. The molecule has 0 aromatic carbocycles. The van der Waals surface area contributed by atoms with Crippen LogP contribution in [-0.4, -0.2) is 35.5 Å². The summed E-state index contributed by atoms with van der Waals surface area (Å²) in [4.78, 5) is 22.4. The van der Waals surface area contributed by atoms with Crippen molar-refractivity contribution in [3.8, 4) is 6.07 Å². The number of likely N-dealkylation sites (N-methyl/N-ethyl adjacent to an activating group) is 1. The summed E-state index contributed by atoms with van der Waals surface area (Å²) in [5.74, 6) is 0.452. The van der Waals surface area contributed by atoms with E-state index in [9.17, 15) is 4.79 Å². The maximum absolute atomic E-state index is 11.9. The van der Waals surface area contributed by atoms with Gasteiger partial charge in [0.2, 0.25) is 11.9 Å². The topological polar surface area (TPSA) is 81.9 Å². The lowest BCUT2D eigenvalue weighted by Crippen LogP contribution is -2.49. The Morgan fingerprint density at radius 3 is 3.00 bits per heavy atom. The molecule has 1 amide bonds. The number of rotatable bonds is 2. The van der Waals surface area contributed by atoms with E-state index in [2.05, 4.69) is 15.3 Å². The molecule has 1 unspecified atom stereocenters. The first kappa shape index (κ1) is 13.3. The zero-order valence-electron chi connectivity index (χ0n) is 11.2. The summed E-state index contributed by atoms with van der Waals surface area (Å²) in [6, 6.07) is 3.42. The Bertz CT molecular complexity index is 522. The summed E-state index contributed by atoms with van der Waals surface area (Å²) in [6.45, 7) is 2.57. The van der Waals surface area contributed by atoms with Crippen LogP contribution in [-0.2, 0) is 4.79 Å². The number of carbonyl (C=O) groups excluding carboxylic acids is 1. The Hall–Kier alpha value is -2.16. The van der Waals surface area contributed by atoms with Crippen molar-refractivity contribution in [2.45, 2.75) is 32.2 Å². The van der Waals surface area contributed by atoms with E-state index in [1.54, 1.807) is 13.1 Å². The molecule has 1 atom stereocenters. The second kappa shape index (κ2) is 5.65. The Kier molecular flexibility index (Phi) is 3.95. The number of nitrogens with one attached hydrogen (secondary N) is 1. The van der Waals surface area contributed by atoms with Gasteiger partial charge >= 0.3 is 0 Å². The van der Waals surface area contributed by atoms with Crippen molar-refractivity contribution in [3.05, 3.63) is 17.5 Å². The molecule has 1 saturated heterocycles. The van der Waals surface area contributed by atoms with Crippen LogP contribution < -0.4 is 10.2 Å². The summed E-state index contributed by atoms with van der Waals surface area (Å²) in [5, 5.41) is 11.6. The van der Waals surface area contributed by atoms with Gasteiger partial charge in [-0.25, -0.2) is 9.97 Å². The largest absolute Gasteiger partial charge is 0.357 e. The maximum atomic E-state index is 11.9. The van der Waals surface area contributed by atoms with Crippen LogP contribution in [0.15, 0.2) is 6.07 Å². The normalized spacial score (nSPS) is 18.8. The Morgan fingerprint density at radius 2 is 2.32 bits per heavy atom. The summed E-state index contributed by atoms with van der Waals surface area (Å²) in [7, 11) is 1.63. The van der Waals surface area contributed by atoms with Gasteiger partial charge in [0, 0.05) is 19.3 Å². The zero-order valence-corrected chi connectivity index (χ0v) is 11.2. The molecular weight excluding hydrogens is 242 g/mol. The number of hydrogen-bond donors (Lipinski definition) is 1. The van der Waals surface area contributed by atoms with Crippen molar-refractivity contribution in [2.24, 2.45) is 0 Å². The van der Waals surface area contributed by atoms with Crippen LogP contribution >= 0.6 is 0 Å². The van der Waals surface area contributed by atoms with Crippen molar-refractivity contribution in [2.75, 3.05) is 18.5 Å². The average Bonchev–Trinajstić information content (AvgIpc) is 2.45. The summed E-state index contributed by atoms with van der Waals surface area (Å²) in [6.07, 6.45) is 2.82. The van der Waals surface area contributed by atoms with Crippen molar-refractivity contribution in [3.63, 3.8) is 0 Å². The molecule has 6 nitrogen and oxygen atoms in total. The zero-order chi connectivity index (χ0) is 13.8. The van der Waals surface area contributed by atoms with Gasteiger partial charge < -0.3 is 10.2 Å². The van der Waals surface area contributed by atoms with Gasteiger partial charge in [0.1, 0.15) is 17.8 Å². The molecule has 0 spiro atoms. The van der Waals surface area contributed by atoms with E-state index in [1.165, 1.54) is 0 Å². The molecular formula is C13H17N5O. The second-order valence-electron chi connectivity index (χ2n) is 4.63. The fourth-order valence-corrected chi connectivity index (χ4v) is 2.35. The van der Waals surface area contributed by atoms with Gasteiger partial charge in [0.05, 0.1) is 0 Å². The fourth-order valence-electron chi connectivity index (χ4n) is 2.35. The molecule has 2 heterocycles. The van der Waals surface area contributed by atoms with E-state index in [4.69, 9.17) is 5.26 Å².